The van der Waals surface area contributed by atoms with Crippen molar-refractivity contribution < 1.29 is 9.59 Å². The molecule has 128 valence electrons. The third kappa shape index (κ3) is 3.21. The Morgan fingerprint density at radius 2 is 2.25 bits per heavy atom. The number of carbonyl (C=O) groups excluding carboxylic acids is 2. The smallest absolute Gasteiger partial charge is 0.314 e. The molecule has 7 heteroatoms. The molecular weight excluding hydrogens is 324 g/mol. The molecule has 1 aliphatic heterocycles. The molecule has 24 heavy (non-hydrogen) atoms. The monoisotopic (exact) mass is 346 g/mol. The Morgan fingerprint density at radius 1 is 1.42 bits per heavy atom. The van der Waals surface area contributed by atoms with Gasteiger partial charge in [0.2, 0.25) is 0 Å². The van der Waals surface area contributed by atoms with Crippen LogP contribution in [0.15, 0.2) is 23.8 Å². The van der Waals surface area contributed by atoms with Gasteiger partial charge in [0.25, 0.3) is 0 Å². The van der Waals surface area contributed by atoms with Crippen LogP contribution in [-0.2, 0) is 23.1 Å². The zero-order chi connectivity index (χ0) is 17.1. The molecular formula is C17H22N4O2S. The van der Waals surface area contributed by atoms with Crippen LogP contribution in [0.2, 0.25) is 0 Å². The van der Waals surface area contributed by atoms with Gasteiger partial charge >= 0.3 is 11.8 Å². The number of amides is 2. The number of nitrogens with zero attached hydrogens (tertiary/aromatic N) is 3. The fourth-order valence-electron chi connectivity index (χ4n) is 3.21. The molecule has 0 bridgehead atoms. The number of hydrogen-bond acceptors (Lipinski definition) is 4. The van der Waals surface area contributed by atoms with Gasteiger partial charge in [-0.1, -0.05) is 6.92 Å². The van der Waals surface area contributed by atoms with Gasteiger partial charge in [0.05, 0.1) is 17.2 Å². The molecule has 0 spiro atoms. The number of likely N-dealkylation sites (tertiary alicyclic amines) is 1. The molecule has 1 fully saturated rings. The fourth-order valence-corrected chi connectivity index (χ4v) is 3.98. The van der Waals surface area contributed by atoms with E-state index >= 15 is 0 Å². The number of nitrogens with one attached hydrogen (secondary N) is 1. The van der Waals surface area contributed by atoms with Gasteiger partial charge in [-0.2, -0.15) is 0 Å². The van der Waals surface area contributed by atoms with Crippen molar-refractivity contribution >= 4 is 28.2 Å². The van der Waals surface area contributed by atoms with Crippen LogP contribution in [0.5, 0.6) is 0 Å². The van der Waals surface area contributed by atoms with Crippen molar-refractivity contribution in [2.45, 2.75) is 38.6 Å². The second-order valence-electron chi connectivity index (χ2n) is 5.99. The summed E-state index contributed by atoms with van der Waals surface area (Å²) in [6, 6.07) is 3.95. The van der Waals surface area contributed by atoms with Crippen molar-refractivity contribution in [2.24, 2.45) is 7.05 Å². The van der Waals surface area contributed by atoms with E-state index in [2.05, 4.69) is 10.3 Å². The minimum Gasteiger partial charge on any atom is -0.353 e. The Morgan fingerprint density at radius 3 is 2.96 bits per heavy atom. The second-order valence-corrected chi connectivity index (χ2v) is 6.84. The first-order valence-corrected chi connectivity index (χ1v) is 9.15. The Bertz CT molecular complexity index is 737. The first kappa shape index (κ1) is 16.7. The molecule has 0 radical (unpaired) electrons. The minimum absolute atomic E-state index is 0.0379. The molecule has 1 saturated heterocycles. The summed E-state index contributed by atoms with van der Waals surface area (Å²) in [6.45, 7) is 2.59. The van der Waals surface area contributed by atoms with E-state index in [9.17, 15) is 9.59 Å². The number of rotatable bonds is 3. The number of aryl methyl sites for hydroxylation is 2. The molecule has 6 nitrogen and oxygen atoms in total. The first-order valence-electron chi connectivity index (χ1n) is 8.27. The highest BCUT2D eigenvalue weighted by atomic mass is 32.1. The van der Waals surface area contributed by atoms with Gasteiger partial charge in [0.1, 0.15) is 5.00 Å². The van der Waals surface area contributed by atoms with Gasteiger partial charge in [-0.25, -0.2) is 4.98 Å². The molecule has 2 amide bonds. The maximum absolute atomic E-state index is 12.7. The Hall–Kier alpha value is -2.15. The topological polar surface area (TPSA) is 67.2 Å². The Kier molecular flexibility index (Phi) is 4.99. The van der Waals surface area contributed by atoms with Crippen LogP contribution >= 0.6 is 11.3 Å². The van der Waals surface area contributed by atoms with Gasteiger partial charge < -0.3 is 14.8 Å². The molecule has 1 unspecified atom stereocenters. The van der Waals surface area contributed by atoms with E-state index in [1.54, 1.807) is 10.4 Å². The molecule has 0 aliphatic carbocycles. The normalized spacial score (nSPS) is 17.8. The highest BCUT2D eigenvalue weighted by Crippen LogP contribution is 2.31. The van der Waals surface area contributed by atoms with Crippen LogP contribution in [0.1, 0.15) is 43.6 Å². The molecule has 1 atom stereocenters. The second kappa shape index (κ2) is 7.17. The summed E-state index contributed by atoms with van der Waals surface area (Å²) in [6.07, 6.45) is 5.58. The molecule has 2 aromatic heterocycles. The number of hydrogen-bond donors (Lipinski definition) is 1. The van der Waals surface area contributed by atoms with Crippen molar-refractivity contribution in [1.29, 1.82) is 0 Å². The number of anilines is 1. The lowest BCUT2D eigenvalue weighted by Gasteiger charge is -2.35. The van der Waals surface area contributed by atoms with Crippen molar-refractivity contribution in [2.75, 3.05) is 11.9 Å². The van der Waals surface area contributed by atoms with Gasteiger partial charge in [0, 0.05) is 25.5 Å². The molecule has 0 saturated carbocycles. The van der Waals surface area contributed by atoms with E-state index in [1.807, 2.05) is 36.9 Å². The standard InChI is InChI=1S/C17H22N4O2S/c1-3-12-16(24-11-18-12)19-15(22)17(23)21-10-5-4-7-14(21)13-8-6-9-20(13)2/h6,8-9,11,14H,3-5,7,10H2,1-2H3,(H,19,22). The van der Waals surface area contributed by atoms with Crippen molar-refractivity contribution in [1.82, 2.24) is 14.5 Å². The van der Waals surface area contributed by atoms with Crippen LogP contribution in [-0.4, -0.2) is 32.8 Å². The zero-order valence-corrected chi connectivity index (χ0v) is 14.8. The van der Waals surface area contributed by atoms with Crippen LogP contribution in [0.4, 0.5) is 5.00 Å². The lowest BCUT2D eigenvalue weighted by molar-refractivity contribution is -0.146. The highest BCUT2D eigenvalue weighted by Gasteiger charge is 2.33. The third-order valence-corrected chi connectivity index (χ3v) is 5.27. The summed E-state index contributed by atoms with van der Waals surface area (Å²) >= 11 is 1.35. The first-order chi connectivity index (χ1) is 11.6. The highest BCUT2D eigenvalue weighted by molar-refractivity contribution is 7.14. The number of aromatic nitrogens is 2. The summed E-state index contributed by atoms with van der Waals surface area (Å²) in [5.74, 6) is -1.04. The lowest BCUT2D eigenvalue weighted by atomic mass is 9.99. The van der Waals surface area contributed by atoms with Crippen molar-refractivity contribution in [3.8, 4) is 0 Å². The van der Waals surface area contributed by atoms with Crippen LogP contribution < -0.4 is 5.32 Å². The quantitative estimate of drug-likeness (QED) is 0.869. The van der Waals surface area contributed by atoms with Gasteiger partial charge in [0.15, 0.2) is 0 Å². The van der Waals surface area contributed by atoms with Gasteiger partial charge in [-0.3, -0.25) is 9.59 Å². The van der Waals surface area contributed by atoms with E-state index in [-0.39, 0.29) is 6.04 Å². The zero-order valence-electron chi connectivity index (χ0n) is 14.0. The van der Waals surface area contributed by atoms with Crippen LogP contribution in [0, 0.1) is 0 Å². The summed E-state index contributed by atoms with van der Waals surface area (Å²) in [4.78, 5) is 31.1. The van der Waals surface area contributed by atoms with E-state index < -0.39 is 11.8 Å². The van der Waals surface area contributed by atoms with Crippen LogP contribution in [0.3, 0.4) is 0 Å². The Balaban J connectivity index is 1.76. The maximum Gasteiger partial charge on any atom is 0.314 e. The summed E-state index contributed by atoms with van der Waals surface area (Å²) < 4.78 is 2.02. The SMILES string of the molecule is CCc1ncsc1NC(=O)C(=O)N1CCCCC1c1cccn1C. The van der Waals surface area contributed by atoms with E-state index in [4.69, 9.17) is 0 Å². The van der Waals surface area contributed by atoms with Crippen LogP contribution in [0.25, 0.3) is 0 Å². The average Bonchev–Trinajstić information content (AvgIpc) is 3.22. The van der Waals surface area contributed by atoms with E-state index in [0.29, 0.717) is 11.5 Å². The van der Waals surface area contributed by atoms with Crippen molar-refractivity contribution in [3.05, 3.63) is 35.2 Å². The third-order valence-electron chi connectivity index (χ3n) is 4.49. The molecule has 1 N–H and O–H groups in total. The fraction of sp³-hybridized carbons (Fsp3) is 0.471. The summed E-state index contributed by atoms with van der Waals surface area (Å²) in [5.41, 5.74) is 3.58. The summed E-state index contributed by atoms with van der Waals surface area (Å²) in [5, 5.41) is 3.41. The average molecular weight is 346 g/mol. The van der Waals surface area contributed by atoms with Crippen molar-refractivity contribution in [3.63, 3.8) is 0 Å². The Labute approximate surface area is 145 Å². The van der Waals surface area contributed by atoms with E-state index in [1.165, 1.54) is 11.3 Å². The maximum atomic E-state index is 12.7. The molecule has 3 rings (SSSR count). The molecule has 1 aliphatic rings. The predicted octanol–water partition coefficient (Wildman–Crippen LogP) is 2.74. The van der Waals surface area contributed by atoms with Gasteiger partial charge in [-0.15, -0.1) is 11.3 Å². The molecule has 3 heterocycles. The molecule has 2 aromatic rings. The minimum atomic E-state index is -0.574. The van der Waals surface area contributed by atoms with Gasteiger partial charge in [-0.05, 0) is 37.8 Å². The largest absolute Gasteiger partial charge is 0.353 e. The summed E-state index contributed by atoms with van der Waals surface area (Å²) in [7, 11) is 1.97. The lowest BCUT2D eigenvalue weighted by Crippen LogP contribution is -2.44. The number of piperidine rings is 1. The predicted molar refractivity (Wildman–Crippen MR) is 93.8 cm³/mol. The van der Waals surface area contributed by atoms with E-state index in [0.717, 1.165) is 37.1 Å². The number of thiazole rings is 1. The molecule has 0 aromatic carbocycles. The number of carbonyl (C=O) groups is 2.